The first-order valence-corrected chi connectivity index (χ1v) is 10.5. The SMILES string of the molecule is CCCN(C(=O)C(C)Oc1ccc(C#N)cc1)c1c(N)n(Cc2ccccc2)c(=O)[nH]c1=O. The second-order valence-electron chi connectivity index (χ2n) is 7.45. The van der Waals surface area contributed by atoms with Gasteiger partial charge < -0.3 is 15.4 Å². The van der Waals surface area contributed by atoms with Gasteiger partial charge in [0.05, 0.1) is 18.2 Å². The number of aromatic nitrogens is 2. The number of carbonyl (C=O) groups excluding carboxylic acids is 1. The fourth-order valence-corrected chi connectivity index (χ4v) is 3.40. The molecule has 0 bridgehead atoms. The summed E-state index contributed by atoms with van der Waals surface area (Å²) < 4.78 is 6.96. The van der Waals surface area contributed by atoms with Crippen molar-refractivity contribution in [1.29, 1.82) is 5.26 Å². The number of nitrogens with one attached hydrogen (secondary N) is 1. The molecule has 0 spiro atoms. The lowest BCUT2D eigenvalue weighted by atomic mass is 10.2. The highest BCUT2D eigenvalue weighted by molar-refractivity contribution is 5.98. The Balaban J connectivity index is 1.95. The van der Waals surface area contributed by atoms with Gasteiger partial charge in [-0.25, -0.2) is 4.79 Å². The van der Waals surface area contributed by atoms with E-state index in [9.17, 15) is 14.4 Å². The van der Waals surface area contributed by atoms with Crippen LogP contribution in [-0.4, -0.2) is 28.1 Å². The number of H-pyrrole nitrogens is 1. The highest BCUT2D eigenvalue weighted by Crippen LogP contribution is 2.21. The van der Waals surface area contributed by atoms with Crippen LogP contribution in [0.2, 0.25) is 0 Å². The highest BCUT2D eigenvalue weighted by atomic mass is 16.5. The zero-order valence-electron chi connectivity index (χ0n) is 18.4. The van der Waals surface area contributed by atoms with Crippen molar-refractivity contribution in [1.82, 2.24) is 9.55 Å². The van der Waals surface area contributed by atoms with Gasteiger partial charge in [-0.3, -0.25) is 19.1 Å². The summed E-state index contributed by atoms with van der Waals surface area (Å²) in [7, 11) is 0. The molecule has 3 N–H and O–H groups in total. The third kappa shape index (κ3) is 5.30. The molecular weight excluding hydrogens is 422 g/mol. The Kier molecular flexibility index (Phi) is 7.31. The van der Waals surface area contributed by atoms with Gasteiger partial charge in [-0.2, -0.15) is 5.26 Å². The number of carbonyl (C=O) groups is 1. The van der Waals surface area contributed by atoms with E-state index in [0.29, 0.717) is 17.7 Å². The second kappa shape index (κ2) is 10.3. The molecule has 0 radical (unpaired) electrons. The normalized spacial score (nSPS) is 11.4. The predicted molar refractivity (Wildman–Crippen MR) is 125 cm³/mol. The van der Waals surface area contributed by atoms with Crippen LogP contribution < -0.4 is 26.6 Å². The molecule has 3 rings (SSSR count). The molecule has 9 heteroatoms. The number of nitrogens with two attached hydrogens (primary N) is 1. The van der Waals surface area contributed by atoms with E-state index in [1.165, 1.54) is 9.47 Å². The maximum Gasteiger partial charge on any atom is 0.330 e. The van der Waals surface area contributed by atoms with Gasteiger partial charge in [-0.05, 0) is 43.2 Å². The first kappa shape index (κ1) is 23.3. The summed E-state index contributed by atoms with van der Waals surface area (Å²) in [6.07, 6.45) is -0.399. The number of aromatic amines is 1. The molecule has 9 nitrogen and oxygen atoms in total. The van der Waals surface area contributed by atoms with Crippen molar-refractivity contribution in [3.05, 3.63) is 86.6 Å². The molecule has 33 heavy (non-hydrogen) atoms. The van der Waals surface area contributed by atoms with Crippen LogP contribution in [0.3, 0.4) is 0 Å². The zero-order valence-corrected chi connectivity index (χ0v) is 18.4. The second-order valence-corrected chi connectivity index (χ2v) is 7.45. The van der Waals surface area contributed by atoms with E-state index in [1.807, 2.05) is 43.3 Å². The Morgan fingerprint density at radius 1 is 1.18 bits per heavy atom. The van der Waals surface area contributed by atoms with Crippen molar-refractivity contribution < 1.29 is 9.53 Å². The first-order chi connectivity index (χ1) is 15.8. The number of ether oxygens (including phenoxy) is 1. The molecule has 0 saturated carbocycles. The number of amides is 1. The standard InChI is InChI=1S/C24H25N5O4/c1-3-13-28(23(31)16(2)33-19-11-9-17(14-25)10-12-19)20-21(26)29(24(32)27-22(20)30)15-18-7-5-4-6-8-18/h4-12,16H,3,13,15,26H2,1-2H3,(H,27,30,32). The van der Waals surface area contributed by atoms with E-state index in [4.69, 9.17) is 15.7 Å². The van der Waals surface area contributed by atoms with Crippen molar-refractivity contribution in [2.24, 2.45) is 0 Å². The van der Waals surface area contributed by atoms with Crippen molar-refractivity contribution in [2.45, 2.75) is 32.9 Å². The Hall–Kier alpha value is -4.32. The van der Waals surface area contributed by atoms with Crippen LogP contribution in [0.5, 0.6) is 5.75 Å². The fraction of sp³-hybridized carbons (Fsp3) is 0.250. The van der Waals surface area contributed by atoms with Gasteiger partial charge in [0, 0.05) is 6.54 Å². The van der Waals surface area contributed by atoms with Crippen LogP contribution in [0.1, 0.15) is 31.4 Å². The Morgan fingerprint density at radius 3 is 2.45 bits per heavy atom. The summed E-state index contributed by atoms with van der Waals surface area (Å²) >= 11 is 0. The topological polar surface area (TPSA) is 134 Å². The summed E-state index contributed by atoms with van der Waals surface area (Å²) in [5.74, 6) is -0.175. The number of nitriles is 1. The minimum absolute atomic E-state index is 0.0901. The molecule has 0 aliphatic rings. The molecule has 0 fully saturated rings. The number of hydrogen-bond donors (Lipinski definition) is 2. The molecule has 170 valence electrons. The average molecular weight is 447 g/mol. The van der Waals surface area contributed by atoms with Crippen LogP contribution in [-0.2, 0) is 11.3 Å². The van der Waals surface area contributed by atoms with Crippen molar-refractivity contribution in [3.8, 4) is 11.8 Å². The largest absolute Gasteiger partial charge is 0.481 e. The lowest BCUT2D eigenvalue weighted by Gasteiger charge is -2.27. The third-order valence-electron chi connectivity index (χ3n) is 5.02. The number of nitrogen functional groups attached to an aromatic ring is 1. The predicted octanol–water partition coefficient (Wildman–Crippen LogP) is 2.25. The third-order valence-corrected chi connectivity index (χ3v) is 5.02. The smallest absolute Gasteiger partial charge is 0.330 e. The van der Waals surface area contributed by atoms with E-state index < -0.39 is 23.3 Å². The molecule has 3 aromatic rings. The number of hydrogen-bond acceptors (Lipinski definition) is 6. The molecule has 1 amide bonds. The monoisotopic (exact) mass is 447 g/mol. The lowest BCUT2D eigenvalue weighted by Crippen LogP contribution is -2.46. The van der Waals surface area contributed by atoms with Gasteiger partial charge in [0.2, 0.25) is 0 Å². The van der Waals surface area contributed by atoms with Gasteiger partial charge in [0.25, 0.3) is 11.5 Å². The zero-order chi connectivity index (χ0) is 24.0. The summed E-state index contributed by atoms with van der Waals surface area (Å²) in [4.78, 5) is 42.0. The van der Waals surface area contributed by atoms with E-state index in [-0.39, 0.29) is 24.6 Å². The molecule has 0 aliphatic carbocycles. The molecular formula is C24H25N5O4. The first-order valence-electron chi connectivity index (χ1n) is 10.5. The number of nitrogens with zero attached hydrogens (tertiary/aromatic N) is 3. The Morgan fingerprint density at radius 2 is 1.85 bits per heavy atom. The van der Waals surface area contributed by atoms with Crippen molar-refractivity contribution >= 4 is 17.4 Å². The molecule has 1 aromatic heterocycles. The summed E-state index contributed by atoms with van der Waals surface area (Å²) in [6.45, 7) is 3.77. The lowest BCUT2D eigenvalue weighted by molar-refractivity contribution is -0.124. The van der Waals surface area contributed by atoms with E-state index in [2.05, 4.69) is 4.98 Å². The fourth-order valence-electron chi connectivity index (χ4n) is 3.40. The van der Waals surface area contributed by atoms with E-state index in [1.54, 1.807) is 31.2 Å². The maximum absolute atomic E-state index is 13.3. The minimum atomic E-state index is -0.946. The molecule has 2 aromatic carbocycles. The van der Waals surface area contributed by atoms with Gasteiger partial charge in [0.15, 0.2) is 11.8 Å². The van der Waals surface area contributed by atoms with Crippen LogP contribution in [0.4, 0.5) is 11.5 Å². The van der Waals surface area contributed by atoms with Gasteiger partial charge in [-0.1, -0.05) is 37.3 Å². The van der Waals surface area contributed by atoms with Crippen LogP contribution >= 0.6 is 0 Å². The van der Waals surface area contributed by atoms with Crippen molar-refractivity contribution in [3.63, 3.8) is 0 Å². The van der Waals surface area contributed by atoms with Crippen molar-refractivity contribution in [2.75, 3.05) is 17.2 Å². The van der Waals surface area contributed by atoms with Gasteiger partial charge in [-0.15, -0.1) is 0 Å². The number of rotatable bonds is 8. The maximum atomic E-state index is 13.3. The van der Waals surface area contributed by atoms with Crippen LogP contribution in [0.25, 0.3) is 0 Å². The summed E-state index contributed by atoms with van der Waals surface area (Å²) in [5, 5.41) is 8.92. The highest BCUT2D eigenvalue weighted by Gasteiger charge is 2.28. The minimum Gasteiger partial charge on any atom is -0.481 e. The average Bonchev–Trinajstić information content (AvgIpc) is 2.81. The van der Waals surface area contributed by atoms with Crippen LogP contribution in [0, 0.1) is 11.3 Å². The Labute approximate surface area is 190 Å². The molecule has 1 heterocycles. The quantitative estimate of drug-likeness (QED) is 0.544. The number of anilines is 2. The molecule has 0 saturated heterocycles. The Bertz CT molecular complexity index is 1270. The summed E-state index contributed by atoms with van der Waals surface area (Å²) in [6, 6.07) is 17.5. The molecule has 1 unspecified atom stereocenters. The van der Waals surface area contributed by atoms with Gasteiger partial charge >= 0.3 is 5.69 Å². The van der Waals surface area contributed by atoms with Gasteiger partial charge in [0.1, 0.15) is 11.6 Å². The molecule has 0 aliphatic heterocycles. The summed E-state index contributed by atoms with van der Waals surface area (Å²) in [5.41, 5.74) is 6.06. The number of benzene rings is 2. The van der Waals surface area contributed by atoms with E-state index in [0.717, 1.165) is 5.56 Å². The van der Waals surface area contributed by atoms with E-state index >= 15 is 0 Å². The molecule has 1 atom stereocenters. The van der Waals surface area contributed by atoms with Crippen LogP contribution in [0.15, 0.2) is 64.2 Å².